The average Bonchev–Trinajstić information content (AvgIpc) is 2.94. The fourth-order valence-corrected chi connectivity index (χ4v) is 5.43. The molecule has 0 fully saturated rings. The van der Waals surface area contributed by atoms with Crippen LogP contribution in [0.2, 0.25) is 5.02 Å². The third-order valence-corrected chi connectivity index (χ3v) is 7.84. The molecular formula is C30H31ClF3N3O7S. The van der Waals surface area contributed by atoms with Gasteiger partial charge in [-0.25, -0.2) is 13.2 Å². The zero-order valence-electron chi connectivity index (χ0n) is 24.7. The zero-order valence-corrected chi connectivity index (χ0v) is 26.3. The topological polar surface area (TPSA) is 122 Å². The minimum atomic E-state index is -4.56. The third-order valence-electron chi connectivity index (χ3n) is 5.82. The Morgan fingerprint density at radius 1 is 0.911 bits per heavy atom. The second kappa shape index (κ2) is 14.2. The van der Waals surface area contributed by atoms with E-state index in [-0.39, 0.29) is 21.8 Å². The van der Waals surface area contributed by atoms with Crippen molar-refractivity contribution < 1.29 is 45.4 Å². The lowest BCUT2D eigenvalue weighted by atomic mass is 10.1. The van der Waals surface area contributed by atoms with Gasteiger partial charge in [-0.1, -0.05) is 29.8 Å². The Morgan fingerprint density at radius 2 is 1.56 bits per heavy atom. The van der Waals surface area contributed by atoms with Crippen LogP contribution in [0.5, 0.6) is 0 Å². The Hall–Kier alpha value is -4.30. The maximum absolute atomic E-state index is 13.7. The monoisotopic (exact) mass is 669 g/mol. The Kier molecular flexibility index (Phi) is 11.1. The molecule has 0 heterocycles. The number of carbonyl (C=O) groups excluding carboxylic acids is 3. The van der Waals surface area contributed by atoms with E-state index in [9.17, 15) is 36.0 Å². The number of benzene rings is 3. The number of alkyl halides is 3. The van der Waals surface area contributed by atoms with Crippen molar-refractivity contribution >= 4 is 51.0 Å². The molecular weight excluding hydrogens is 639 g/mol. The van der Waals surface area contributed by atoms with E-state index in [0.717, 1.165) is 21.3 Å². The summed E-state index contributed by atoms with van der Waals surface area (Å²) in [4.78, 5) is 38.3. The van der Waals surface area contributed by atoms with E-state index in [0.29, 0.717) is 5.02 Å². The molecule has 45 heavy (non-hydrogen) atoms. The van der Waals surface area contributed by atoms with E-state index >= 15 is 0 Å². The molecule has 0 aliphatic carbocycles. The van der Waals surface area contributed by atoms with Gasteiger partial charge in [0.2, 0.25) is 5.91 Å². The maximum atomic E-state index is 13.7. The number of esters is 1. The molecule has 3 aromatic rings. The summed E-state index contributed by atoms with van der Waals surface area (Å²) in [5.74, 6) is -1.51. The van der Waals surface area contributed by atoms with Gasteiger partial charge < -0.3 is 19.7 Å². The van der Waals surface area contributed by atoms with Gasteiger partial charge in [0.1, 0.15) is 25.3 Å². The second-order valence-electron chi connectivity index (χ2n) is 10.8. The van der Waals surface area contributed by atoms with E-state index in [1.807, 2.05) is 0 Å². The summed E-state index contributed by atoms with van der Waals surface area (Å²) in [5, 5.41) is 2.84. The molecule has 0 aliphatic heterocycles. The van der Waals surface area contributed by atoms with Crippen molar-refractivity contribution in [2.45, 2.75) is 44.1 Å². The standard InChI is InChI=1S/C30H31ClF3N3O7S/c1-29(2,3)44-27(39)18-37(24-13-11-22(31)12-14-24)45(41,42)25-10-6-9-23(16-25)35-26(38)17-36(4)28(40)43-19-20-7-5-8-21(15-20)30(32,33)34/h5-16H,17-19H2,1-4H3,(H,35,38). The first-order valence-electron chi connectivity index (χ1n) is 13.3. The van der Waals surface area contributed by atoms with Crippen LogP contribution in [0.15, 0.2) is 77.7 Å². The largest absolute Gasteiger partial charge is 0.459 e. The lowest BCUT2D eigenvalue weighted by Crippen LogP contribution is -2.39. The molecule has 0 aromatic heterocycles. The van der Waals surface area contributed by atoms with Crippen molar-refractivity contribution in [3.8, 4) is 0 Å². The first-order chi connectivity index (χ1) is 20.8. The quantitative estimate of drug-likeness (QED) is 0.259. The predicted molar refractivity (Wildman–Crippen MR) is 161 cm³/mol. The number of nitrogens with zero attached hydrogens (tertiary/aromatic N) is 2. The van der Waals surface area contributed by atoms with E-state index in [4.69, 9.17) is 21.1 Å². The van der Waals surface area contributed by atoms with Crippen molar-refractivity contribution in [1.82, 2.24) is 4.90 Å². The summed E-state index contributed by atoms with van der Waals surface area (Å²) in [7, 11) is -3.13. The highest BCUT2D eigenvalue weighted by atomic mass is 35.5. The molecule has 0 saturated carbocycles. The number of sulfonamides is 1. The van der Waals surface area contributed by atoms with Gasteiger partial charge in [0, 0.05) is 17.8 Å². The summed E-state index contributed by atoms with van der Waals surface area (Å²) in [6, 6.07) is 15.3. The first-order valence-corrected chi connectivity index (χ1v) is 15.1. The van der Waals surface area contributed by atoms with Crippen LogP contribution in [-0.2, 0) is 41.9 Å². The first kappa shape index (κ1) is 35.2. The molecule has 0 unspecified atom stereocenters. The molecule has 242 valence electrons. The SMILES string of the molecule is CN(CC(=O)Nc1cccc(S(=O)(=O)N(CC(=O)OC(C)(C)C)c2ccc(Cl)cc2)c1)C(=O)OCc1cccc(C(F)(F)F)c1. The molecule has 1 N–H and O–H groups in total. The normalized spacial score (nSPS) is 11.8. The lowest BCUT2D eigenvalue weighted by Gasteiger charge is -2.26. The number of hydrogen-bond donors (Lipinski definition) is 1. The third kappa shape index (κ3) is 10.4. The van der Waals surface area contributed by atoms with Crippen LogP contribution in [-0.4, -0.2) is 57.0 Å². The molecule has 3 aromatic carbocycles. The Labute approximate surface area is 263 Å². The van der Waals surface area contributed by atoms with Crippen LogP contribution in [0.4, 0.5) is 29.3 Å². The average molecular weight is 670 g/mol. The molecule has 0 saturated heterocycles. The van der Waals surface area contributed by atoms with E-state index in [1.54, 1.807) is 20.8 Å². The number of halogens is 4. The van der Waals surface area contributed by atoms with Crippen LogP contribution in [0.1, 0.15) is 31.9 Å². The number of anilines is 2. The summed E-state index contributed by atoms with van der Waals surface area (Å²) in [5.41, 5.74) is -1.44. The molecule has 0 bridgehead atoms. The Balaban J connectivity index is 1.70. The summed E-state index contributed by atoms with van der Waals surface area (Å²) in [6.07, 6.45) is -5.53. The van der Waals surface area contributed by atoms with Gasteiger partial charge >= 0.3 is 18.2 Å². The van der Waals surface area contributed by atoms with Crippen molar-refractivity contribution in [3.05, 3.63) is 88.9 Å². The van der Waals surface area contributed by atoms with Crippen LogP contribution < -0.4 is 9.62 Å². The van der Waals surface area contributed by atoms with Gasteiger partial charge in [-0.3, -0.25) is 13.9 Å². The fraction of sp³-hybridized carbons (Fsp3) is 0.300. The van der Waals surface area contributed by atoms with Crippen molar-refractivity contribution in [3.63, 3.8) is 0 Å². The molecule has 15 heteroatoms. The summed E-state index contributed by atoms with van der Waals surface area (Å²) in [6.45, 7) is 3.31. The van der Waals surface area contributed by atoms with E-state index < -0.39 is 65.0 Å². The Morgan fingerprint density at radius 3 is 2.18 bits per heavy atom. The second-order valence-corrected chi connectivity index (χ2v) is 13.1. The molecule has 0 atom stereocenters. The minimum absolute atomic E-state index is 0.0696. The van der Waals surface area contributed by atoms with Crippen LogP contribution in [0.3, 0.4) is 0 Å². The molecule has 0 spiro atoms. The van der Waals surface area contributed by atoms with Crippen molar-refractivity contribution in [2.24, 2.45) is 0 Å². The van der Waals surface area contributed by atoms with Crippen LogP contribution in [0.25, 0.3) is 0 Å². The highest BCUT2D eigenvalue weighted by molar-refractivity contribution is 7.92. The maximum Gasteiger partial charge on any atom is 0.416 e. The van der Waals surface area contributed by atoms with Gasteiger partial charge in [-0.2, -0.15) is 13.2 Å². The fourth-order valence-electron chi connectivity index (χ4n) is 3.85. The molecule has 10 nitrogen and oxygen atoms in total. The molecule has 2 amide bonds. The number of hydrogen-bond acceptors (Lipinski definition) is 7. The number of rotatable bonds is 10. The predicted octanol–water partition coefficient (Wildman–Crippen LogP) is 6.10. The number of likely N-dealkylation sites (N-methyl/N-ethyl adjacent to an activating group) is 1. The molecule has 0 aliphatic rings. The Bertz CT molecular complexity index is 1640. The van der Waals surface area contributed by atoms with Crippen molar-refractivity contribution in [2.75, 3.05) is 29.8 Å². The number of amides is 2. The van der Waals surface area contributed by atoms with Crippen molar-refractivity contribution in [1.29, 1.82) is 0 Å². The summed E-state index contributed by atoms with van der Waals surface area (Å²) < 4.78 is 77.4. The number of carbonyl (C=O) groups is 3. The van der Waals surface area contributed by atoms with Crippen LogP contribution in [0, 0.1) is 0 Å². The minimum Gasteiger partial charge on any atom is -0.459 e. The van der Waals surface area contributed by atoms with Crippen LogP contribution >= 0.6 is 11.6 Å². The van der Waals surface area contributed by atoms with Gasteiger partial charge in [0.05, 0.1) is 16.1 Å². The highest BCUT2D eigenvalue weighted by Gasteiger charge is 2.31. The molecule has 0 radical (unpaired) electrons. The van der Waals surface area contributed by atoms with Gasteiger partial charge in [-0.15, -0.1) is 0 Å². The zero-order chi connectivity index (χ0) is 33.6. The smallest absolute Gasteiger partial charge is 0.416 e. The van der Waals surface area contributed by atoms with Gasteiger partial charge in [0.15, 0.2) is 0 Å². The van der Waals surface area contributed by atoms with E-state index in [2.05, 4.69) is 5.32 Å². The number of nitrogens with one attached hydrogen (secondary N) is 1. The lowest BCUT2D eigenvalue weighted by molar-refractivity contribution is -0.152. The highest BCUT2D eigenvalue weighted by Crippen LogP contribution is 2.30. The van der Waals surface area contributed by atoms with E-state index in [1.165, 1.54) is 67.7 Å². The van der Waals surface area contributed by atoms with Gasteiger partial charge in [-0.05, 0) is 80.9 Å². The number of ether oxygens (including phenoxy) is 2. The molecule has 3 rings (SSSR count). The summed E-state index contributed by atoms with van der Waals surface area (Å²) >= 11 is 5.96. The van der Waals surface area contributed by atoms with Gasteiger partial charge in [0.25, 0.3) is 10.0 Å².